The Morgan fingerprint density at radius 1 is 1.36 bits per heavy atom. The Kier molecular flexibility index (Phi) is 5.86. The van der Waals surface area contributed by atoms with Gasteiger partial charge in [-0.3, -0.25) is 4.79 Å². The molecule has 2 aromatic heterocycles. The van der Waals surface area contributed by atoms with E-state index in [0.29, 0.717) is 44.5 Å². The van der Waals surface area contributed by atoms with Crippen LogP contribution in [0.4, 0.5) is 11.8 Å². The first-order valence-electron chi connectivity index (χ1n) is 8.15. The number of nitrogens with one attached hydrogen (secondary N) is 1. The fourth-order valence-corrected chi connectivity index (χ4v) is 2.58. The Balaban J connectivity index is 1.66. The van der Waals surface area contributed by atoms with Gasteiger partial charge in [0.15, 0.2) is 0 Å². The van der Waals surface area contributed by atoms with Crippen LogP contribution in [0.25, 0.3) is 0 Å². The molecule has 3 heterocycles. The molecule has 0 bridgehead atoms. The van der Waals surface area contributed by atoms with Gasteiger partial charge in [0.1, 0.15) is 11.9 Å². The highest BCUT2D eigenvalue weighted by molar-refractivity contribution is 5.76. The average molecular weight is 343 g/mol. The second-order valence-electron chi connectivity index (χ2n) is 5.59. The smallest absolute Gasteiger partial charge is 0.228 e. The topological polar surface area (TPSA) is 89.5 Å². The molecule has 0 aromatic carbocycles. The number of carbonyl (C=O) groups excluding carboxylic acids is 1. The number of morpholine rings is 1. The van der Waals surface area contributed by atoms with Gasteiger partial charge in [0.05, 0.1) is 31.9 Å². The molecule has 1 N–H and O–H groups in total. The van der Waals surface area contributed by atoms with Gasteiger partial charge in [0, 0.05) is 26.0 Å². The maximum Gasteiger partial charge on any atom is 0.228 e. The fraction of sp³-hybridized carbons (Fsp3) is 0.412. The predicted molar refractivity (Wildman–Crippen MR) is 91.3 cm³/mol. The standard InChI is InChI=1S/C17H21N5O3/c1-24-10-6-16(23)22-9-11-25-14(12-22)13-4-2-5-15(20-13)21-17-18-7-3-8-19-17/h2-5,7-8,14H,6,9-12H2,1H3,(H,18,19,20,21)/t14-/m0/s1. The number of pyridine rings is 1. The van der Waals surface area contributed by atoms with Crippen molar-refractivity contribution in [3.05, 3.63) is 42.4 Å². The van der Waals surface area contributed by atoms with Crippen molar-refractivity contribution in [1.29, 1.82) is 0 Å². The molecule has 1 fully saturated rings. The Hall–Kier alpha value is -2.58. The quantitative estimate of drug-likeness (QED) is 0.851. The molecule has 0 spiro atoms. The van der Waals surface area contributed by atoms with Gasteiger partial charge in [-0.2, -0.15) is 0 Å². The van der Waals surface area contributed by atoms with Gasteiger partial charge in [-0.05, 0) is 18.2 Å². The average Bonchev–Trinajstić information content (AvgIpc) is 2.67. The molecule has 1 amide bonds. The number of ether oxygens (including phenoxy) is 2. The van der Waals surface area contributed by atoms with Crippen LogP contribution in [0.3, 0.4) is 0 Å². The first kappa shape index (κ1) is 17.2. The summed E-state index contributed by atoms with van der Waals surface area (Å²) in [6.45, 7) is 2.00. The lowest BCUT2D eigenvalue weighted by molar-refractivity contribution is -0.140. The Labute approximate surface area is 146 Å². The molecule has 1 aliphatic heterocycles. The molecule has 0 unspecified atom stereocenters. The number of nitrogens with zero attached hydrogens (tertiary/aromatic N) is 4. The highest BCUT2D eigenvalue weighted by atomic mass is 16.5. The van der Waals surface area contributed by atoms with Crippen molar-refractivity contribution in [3.8, 4) is 0 Å². The molecular weight excluding hydrogens is 322 g/mol. The highest BCUT2D eigenvalue weighted by Crippen LogP contribution is 2.23. The normalized spacial score (nSPS) is 17.3. The van der Waals surface area contributed by atoms with E-state index in [0.717, 1.165) is 5.69 Å². The van der Waals surface area contributed by atoms with E-state index >= 15 is 0 Å². The van der Waals surface area contributed by atoms with Crippen LogP contribution < -0.4 is 5.32 Å². The van der Waals surface area contributed by atoms with Gasteiger partial charge >= 0.3 is 0 Å². The molecular formula is C17H21N5O3. The van der Waals surface area contributed by atoms with E-state index in [1.165, 1.54) is 0 Å². The maximum atomic E-state index is 12.2. The number of methoxy groups -OCH3 is 1. The van der Waals surface area contributed by atoms with Crippen LogP contribution >= 0.6 is 0 Å². The van der Waals surface area contributed by atoms with Crippen molar-refractivity contribution < 1.29 is 14.3 Å². The summed E-state index contributed by atoms with van der Waals surface area (Å²) < 4.78 is 10.8. The van der Waals surface area contributed by atoms with Crippen molar-refractivity contribution in [3.63, 3.8) is 0 Å². The van der Waals surface area contributed by atoms with Gasteiger partial charge in [0.25, 0.3) is 0 Å². The van der Waals surface area contributed by atoms with Crippen LogP contribution in [0.5, 0.6) is 0 Å². The highest BCUT2D eigenvalue weighted by Gasteiger charge is 2.26. The fourth-order valence-electron chi connectivity index (χ4n) is 2.58. The van der Waals surface area contributed by atoms with Crippen molar-refractivity contribution in [2.75, 3.05) is 38.7 Å². The minimum Gasteiger partial charge on any atom is -0.384 e. The van der Waals surface area contributed by atoms with Crippen LogP contribution in [0.15, 0.2) is 36.7 Å². The van der Waals surface area contributed by atoms with Crippen molar-refractivity contribution in [1.82, 2.24) is 19.9 Å². The molecule has 2 aromatic rings. The third kappa shape index (κ3) is 4.71. The predicted octanol–water partition coefficient (Wildman–Crippen LogP) is 1.55. The van der Waals surface area contributed by atoms with E-state index in [4.69, 9.17) is 9.47 Å². The van der Waals surface area contributed by atoms with E-state index in [1.807, 2.05) is 18.2 Å². The number of amides is 1. The van der Waals surface area contributed by atoms with E-state index in [2.05, 4.69) is 20.3 Å². The second kappa shape index (κ2) is 8.50. The number of carbonyl (C=O) groups is 1. The molecule has 0 saturated carbocycles. The van der Waals surface area contributed by atoms with Gasteiger partial charge in [-0.1, -0.05) is 6.07 Å². The Morgan fingerprint density at radius 3 is 3.00 bits per heavy atom. The lowest BCUT2D eigenvalue weighted by atomic mass is 10.1. The summed E-state index contributed by atoms with van der Waals surface area (Å²) in [7, 11) is 1.59. The van der Waals surface area contributed by atoms with E-state index in [-0.39, 0.29) is 12.0 Å². The summed E-state index contributed by atoms with van der Waals surface area (Å²) in [6, 6.07) is 7.37. The van der Waals surface area contributed by atoms with E-state index in [9.17, 15) is 4.79 Å². The van der Waals surface area contributed by atoms with Crippen LogP contribution in [0.2, 0.25) is 0 Å². The van der Waals surface area contributed by atoms with Crippen molar-refractivity contribution in [2.45, 2.75) is 12.5 Å². The Bertz CT molecular complexity index is 698. The zero-order chi connectivity index (χ0) is 17.5. The van der Waals surface area contributed by atoms with Crippen LogP contribution in [-0.4, -0.2) is 59.2 Å². The van der Waals surface area contributed by atoms with Crippen LogP contribution in [0.1, 0.15) is 18.2 Å². The maximum absolute atomic E-state index is 12.2. The molecule has 1 saturated heterocycles. The zero-order valence-electron chi connectivity index (χ0n) is 14.1. The summed E-state index contributed by atoms with van der Waals surface area (Å²) in [4.78, 5) is 26.8. The summed E-state index contributed by atoms with van der Waals surface area (Å²) in [5.41, 5.74) is 0.769. The number of aromatic nitrogens is 3. The summed E-state index contributed by atoms with van der Waals surface area (Å²) in [5, 5.41) is 3.06. The number of rotatable bonds is 6. The van der Waals surface area contributed by atoms with Crippen LogP contribution in [-0.2, 0) is 14.3 Å². The van der Waals surface area contributed by atoms with Gasteiger partial charge in [-0.15, -0.1) is 0 Å². The van der Waals surface area contributed by atoms with Gasteiger partial charge < -0.3 is 19.7 Å². The minimum absolute atomic E-state index is 0.0714. The zero-order valence-corrected chi connectivity index (χ0v) is 14.1. The monoisotopic (exact) mass is 343 g/mol. The van der Waals surface area contributed by atoms with Gasteiger partial charge in [0.2, 0.25) is 11.9 Å². The first-order chi connectivity index (χ1) is 12.3. The van der Waals surface area contributed by atoms with Crippen molar-refractivity contribution in [2.24, 2.45) is 0 Å². The number of hydrogen-bond acceptors (Lipinski definition) is 7. The third-order valence-corrected chi connectivity index (χ3v) is 3.85. The number of hydrogen-bond donors (Lipinski definition) is 1. The second-order valence-corrected chi connectivity index (χ2v) is 5.59. The summed E-state index contributed by atoms with van der Waals surface area (Å²) in [6.07, 6.45) is 3.45. The molecule has 1 aliphatic rings. The SMILES string of the molecule is COCCC(=O)N1CCO[C@H](c2cccc(Nc3ncccn3)n2)C1. The molecule has 8 nitrogen and oxygen atoms in total. The number of anilines is 2. The molecule has 0 radical (unpaired) electrons. The summed E-state index contributed by atoms with van der Waals surface area (Å²) in [5.74, 6) is 1.19. The van der Waals surface area contributed by atoms with E-state index < -0.39 is 0 Å². The van der Waals surface area contributed by atoms with Gasteiger partial charge in [-0.25, -0.2) is 15.0 Å². The molecule has 3 rings (SSSR count). The lowest BCUT2D eigenvalue weighted by Gasteiger charge is -2.32. The largest absolute Gasteiger partial charge is 0.384 e. The molecule has 0 aliphatic carbocycles. The molecule has 25 heavy (non-hydrogen) atoms. The first-order valence-corrected chi connectivity index (χ1v) is 8.15. The summed E-state index contributed by atoms with van der Waals surface area (Å²) >= 11 is 0. The van der Waals surface area contributed by atoms with Crippen LogP contribution in [0, 0.1) is 0 Å². The molecule has 8 heteroatoms. The van der Waals surface area contributed by atoms with E-state index in [1.54, 1.807) is 30.5 Å². The molecule has 1 atom stereocenters. The lowest BCUT2D eigenvalue weighted by Crippen LogP contribution is -2.42. The Morgan fingerprint density at radius 2 is 2.20 bits per heavy atom. The molecule has 132 valence electrons. The van der Waals surface area contributed by atoms with Crippen molar-refractivity contribution >= 4 is 17.7 Å². The minimum atomic E-state index is -0.251. The third-order valence-electron chi connectivity index (χ3n) is 3.85.